The number of nitrogens with two attached hydrogens (primary N) is 1. The topological polar surface area (TPSA) is 94.6 Å². The lowest BCUT2D eigenvalue weighted by Crippen LogP contribution is -2.21. The average molecular weight is 475 g/mol. The van der Waals surface area contributed by atoms with Crippen LogP contribution < -0.4 is 16.0 Å². The van der Waals surface area contributed by atoms with Crippen LogP contribution in [0.15, 0.2) is 65.6 Å². The Morgan fingerprint density at radius 1 is 1.03 bits per heavy atom. The number of ether oxygens (including phenoxy) is 1. The normalized spacial score (nSPS) is 10.7. The Morgan fingerprint density at radius 3 is 2.13 bits per heavy atom. The van der Waals surface area contributed by atoms with E-state index in [4.69, 9.17) is 34.0 Å². The zero-order chi connectivity index (χ0) is 23.2. The van der Waals surface area contributed by atoms with Crippen LogP contribution in [0.1, 0.15) is 15.9 Å². The van der Waals surface area contributed by atoms with Gasteiger partial charge in [-0.3, -0.25) is 4.79 Å². The molecule has 31 heavy (non-hydrogen) atoms. The number of hydrogen-bond acceptors (Lipinski definition) is 4. The zero-order valence-corrected chi connectivity index (χ0v) is 17.1. The lowest BCUT2D eigenvalue weighted by molar-refractivity contribution is -0.274. The smallest absolute Gasteiger partial charge is 0.478 e. The number of halogens is 5. The summed E-state index contributed by atoms with van der Waals surface area (Å²) in [6, 6.07) is 12.5. The SMILES string of the molecule is Nc1ccc(OC(F)(F)F)cc1.O=C(O)c1ccc(=O)n(Cc2c(Cl)cccc2Cl)c1. The molecule has 0 radical (unpaired) electrons. The van der Waals surface area contributed by atoms with Gasteiger partial charge in [0, 0.05) is 33.6 Å². The zero-order valence-electron chi connectivity index (χ0n) is 15.6. The van der Waals surface area contributed by atoms with Gasteiger partial charge in [0.25, 0.3) is 5.56 Å². The Labute approximate surface area is 184 Å². The van der Waals surface area contributed by atoms with Crippen LogP contribution in [0.3, 0.4) is 0 Å². The van der Waals surface area contributed by atoms with E-state index in [1.54, 1.807) is 18.2 Å². The average Bonchev–Trinajstić information content (AvgIpc) is 2.67. The van der Waals surface area contributed by atoms with Crippen molar-refractivity contribution in [1.29, 1.82) is 0 Å². The van der Waals surface area contributed by atoms with E-state index in [0.717, 1.165) is 12.1 Å². The number of hydrogen-bond donors (Lipinski definition) is 2. The minimum absolute atomic E-state index is 0.0303. The first-order valence-electron chi connectivity index (χ1n) is 8.44. The number of carbonyl (C=O) groups is 1. The van der Waals surface area contributed by atoms with Crippen molar-refractivity contribution in [3.05, 3.63) is 92.3 Å². The number of carboxylic acid groups (broad SMARTS) is 1. The van der Waals surface area contributed by atoms with Gasteiger partial charge in [-0.15, -0.1) is 13.2 Å². The third-order valence-electron chi connectivity index (χ3n) is 3.73. The first-order chi connectivity index (χ1) is 14.5. The number of benzene rings is 2. The molecule has 0 aliphatic rings. The van der Waals surface area contributed by atoms with E-state index in [2.05, 4.69) is 4.74 Å². The quantitative estimate of drug-likeness (QED) is 0.514. The van der Waals surface area contributed by atoms with E-state index in [1.807, 2.05) is 0 Å². The van der Waals surface area contributed by atoms with Gasteiger partial charge in [0.1, 0.15) is 5.75 Å². The monoisotopic (exact) mass is 474 g/mol. The van der Waals surface area contributed by atoms with Gasteiger partial charge in [-0.05, 0) is 42.5 Å². The van der Waals surface area contributed by atoms with Gasteiger partial charge in [-0.1, -0.05) is 29.3 Å². The van der Waals surface area contributed by atoms with Gasteiger partial charge in [-0.25, -0.2) is 4.79 Å². The van der Waals surface area contributed by atoms with E-state index < -0.39 is 12.3 Å². The van der Waals surface area contributed by atoms with Crippen molar-refractivity contribution >= 4 is 34.9 Å². The molecule has 0 aliphatic carbocycles. The predicted octanol–water partition coefficient (Wildman–Crippen LogP) is 5.07. The maximum atomic E-state index is 11.7. The van der Waals surface area contributed by atoms with Crippen molar-refractivity contribution in [2.24, 2.45) is 0 Å². The fourth-order valence-corrected chi connectivity index (χ4v) is 2.82. The van der Waals surface area contributed by atoms with E-state index >= 15 is 0 Å². The summed E-state index contributed by atoms with van der Waals surface area (Å²) in [4.78, 5) is 22.6. The number of nitrogens with zero attached hydrogens (tertiary/aromatic N) is 1. The lowest BCUT2D eigenvalue weighted by Gasteiger charge is -2.10. The van der Waals surface area contributed by atoms with Crippen LogP contribution >= 0.6 is 23.2 Å². The number of rotatable bonds is 4. The highest BCUT2D eigenvalue weighted by Crippen LogP contribution is 2.25. The number of nitrogen functional groups attached to an aromatic ring is 1. The van der Waals surface area contributed by atoms with Crippen LogP contribution in [0, 0.1) is 0 Å². The molecular formula is C20H15Cl2F3N2O4. The molecule has 2 aromatic carbocycles. The van der Waals surface area contributed by atoms with Crippen molar-refractivity contribution in [3.8, 4) is 5.75 Å². The number of anilines is 1. The fourth-order valence-electron chi connectivity index (χ4n) is 2.30. The van der Waals surface area contributed by atoms with Crippen LogP contribution in [-0.4, -0.2) is 22.0 Å². The van der Waals surface area contributed by atoms with Gasteiger partial charge in [0.2, 0.25) is 0 Å². The second kappa shape index (κ2) is 10.2. The lowest BCUT2D eigenvalue weighted by atomic mass is 10.2. The van der Waals surface area contributed by atoms with Crippen molar-refractivity contribution in [3.63, 3.8) is 0 Å². The fraction of sp³-hybridized carbons (Fsp3) is 0.100. The molecule has 0 aliphatic heterocycles. The molecule has 0 unspecified atom stereocenters. The number of aromatic carboxylic acids is 1. The summed E-state index contributed by atoms with van der Waals surface area (Å²) >= 11 is 12.0. The van der Waals surface area contributed by atoms with Crippen molar-refractivity contribution in [1.82, 2.24) is 4.57 Å². The van der Waals surface area contributed by atoms with Gasteiger partial charge in [-0.2, -0.15) is 0 Å². The predicted molar refractivity (Wildman–Crippen MR) is 111 cm³/mol. The standard InChI is InChI=1S/C13H9Cl2NO3.C7H6F3NO/c14-10-2-1-3-11(15)9(10)7-16-6-8(13(18)19)4-5-12(16)17;8-7(9,10)12-6-3-1-5(11)2-4-6/h1-6H,7H2,(H,18,19);1-4H,11H2. The summed E-state index contributed by atoms with van der Waals surface area (Å²) in [5.74, 6) is -1.37. The summed E-state index contributed by atoms with van der Waals surface area (Å²) < 4.78 is 39.6. The minimum Gasteiger partial charge on any atom is -0.478 e. The summed E-state index contributed by atoms with van der Waals surface area (Å²) in [5, 5.41) is 9.77. The second-order valence-electron chi connectivity index (χ2n) is 6.01. The van der Waals surface area contributed by atoms with E-state index in [9.17, 15) is 22.8 Å². The summed E-state index contributed by atoms with van der Waals surface area (Å²) in [5.41, 5.74) is 5.94. The van der Waals surface area contributed by atoms with E-state index in [0.29, 0.717) is 21.3 Å². The third kappa shape index (κ3) is 7.54. The van der Waals surface area contributed by atoms with Crippen LogP contribution in [0.2, 0.25) is 10.0 Å². The first kappa shape index (κ1) is 24.1. The molecule has 1 aromatic heterocycles. The van der Waals surface area contributed by atoms with Gasteiger partial charge >= 0.3 is 12.3 Å². The van der Waals surface area contributed by atoms with Gasteiger partial charge in [0.05, 0.1) is 12.1 Å². The van der Waals surface area contributed by atoms with Crippen LogP contribution in [-0.2, 0) is 6.54 Å². The molecular weight excluding hydrogens is 460 g/mol. The molecule has 0 atom stereocenters. The molecule has 11 heteroatoms. The number of alkyl halides is 3. The maximum Gasteiger partial charge on any atom is 0.573 e. The Bertz CT molecular complexity index is 1100. The minimum atomic E-state index is -4.64. The number of aromatic nitrogens is 1. The molecule has 0 amide bonds. The Morgan fingerprint density at radius 2 is 1.61 bits per heavy atom. The molecule has 3 aromatic rings. The largest absolute Gasteiger partial charge is 0.573 e. The highest BCUT2D eigenvalue weighted by Gasteiger charge is 2.30. The Balaban J connectivity index is 0.000000245. The molecule has 164 valence electrons. The second-order valence-corrected chi connectivity index (χ2v) is 6.82. The molecule has 3 N–H and O–H groups in total. The van der Waals surface area contributed by atoms with Crippen LogP contribution in [0.25, 0.3) is 0 Å². The number of pyridine rings is 1. The molecule has 1 heterocycles. The molecule has 0 saturated heterocycles. The van der Waals surface area contributed by atoms with Gasteiger partial charge in [0.15, 0.2) is 0 Å². The highest BCUT2D eigenvalue weighted by atomic mass is 35.5. The Hall–Kier alpha value is -3.17. The summed E-state index contributed by atoms with van der Waals surface area (Å²) in [6.07, 6.45) is -3.37. The van der Waals surface area contributed by atoms with Crippen molar-refractivity contribution < 1.29 is 27.8 Å². The van der Waals surface area contributed by atoms with Crippen molar-refractivity contribution in [2.75, 3.05) is 5.73 Å². The molecule has 0 spiro atoms. The summed E-state index contributed by atoms with van der Waals surface area (Å²) in [6.45, 7) is 0.123. The summed E-state index contributed by atoms with van der Waals surface area (Å²) in [7, 11) is 0. The first-order valence-corrected chi connectivity index (χ1v) is 9.20. The Kier molecular flexibility index (Phi) is 7.95. The highest BCUT2D eigenvalue weighted by molar-refractivity contribution is 6.35. The molecule has 0 fully saturated rings. The molecule has 6 nitrogen and oxygen atoms in total. The van der Waals surface area contributed by atoms with Gasteiger partial charge < -0.3 is 20.1 Å². The van der Waals surface area contributed by atoms with E-state index in [1.165, 1.54) is 35.0 Å². The maximum absolute atomic E-state index is 11.7. The third-order valence-corrected chi connectivity index (χ3v) is 4.44. The van der Waals surface area contributed by atoms with Crippen molar-refractivity contribution in [2.45, 2.75) is 12.9 Å². The number of carboxylic acids is 1. The van der Waals surface area contributed by atoms with Crippen LogP contribution in [0.4, 0.5) is 18.9 Å². The molecule has 0 saturated carbocycles. The van der Waals surface area contributed by atoms with Crippen LogP contribution in [0.5, 0.6) is 5.75 Å². The van der Waals surface area contributed by atoms with E-state index in [-0.39, 0.29) is 23.4 Å². The molecule has 0 bridgehead atoms. The molecule has 3 rings (SSSR count).